The van der Waals surface area contributed by atoms with Crippen LogP contribution in [0.4, 0.5) is 4.79 Å². The van der Waals surface area contributed by atoms with Crippen molar-refractivity contribution in [2.75, 3.05) is 19.8 Å². The number of amides is 2. The van der Waals surface area contributed by atoms with Gasteiger partial charge in [-0.15, -0.1) is 0 Å². The van der Waals surface area contributed by atoms with Gasteiger partial charge >= 0.3 is 6.03 Å². The predicted molar refractivity (Wildman–Crippen MR) is 39.4 cm³/mol. The molecule has 0 radical (unpaired) electrons. The Morgan fingerprint density at radius 3 is 2.25 bits per heavy atom. The molecule has 1 aliphatic heterocycles. The van der Waals surface area contributed by atoms with Gasteiger partial charge in [-0.1, -0.05) is 0 Å². The molecule has 1 aliphatic rings. The minimum Gasteiger partial charge on any atom is -0.394 e. The Labute approximate surface area is 69.2 Å². The third-order valence-electron chi connectivity index (χ3n) is 2.08. The van der Waals surface area contributed by atoms with Crippen molar-refractivity contribution < 1.29 is 20.1 Å². The van der Waals surface area contributed by atoms with Crippen molar-refractivity contribution in [1.82, 2.24) is 10.6 Å². The van der Waals surface area contributed by atoms with Crippen molar-refractivity contribution in [2.45, 2.75) is 11.6 Å². The molecule has 0 spiro atoms. The number of carbonyl (C=O) groups is 1. The van der Waals surface area contributed by atoms with Crippen LogP contribution in [0.2, 0.25) is 0 Å². The second-order valence-electron chi connectivity index (χ2n) is 2.81. The molecule has 0 saturated carbocycles. The van der Waals surface area contributed by atoms with E-state index in [0.717, 1.165) is 0 Å². The van der Waals surface area contributed by atoms with Gasteiger partial charge in [-0.3, -0.25) is 0 Å². The van der Waals surface area contributed by atoms with Gasteiger partial charge in [-0.25, -0.2) is 4.79 Å². The first-order chi connectivity index (χ1) is 5.68. The number of nitrogens with one attached hydrogen (secondary N) is 2. The third-order valence-corrected chi connectivity index (χ3v) is 2.08. The molecule has 1 heterocycles. The summed E-state index contributed by atoms with van der Waals surface area (Å²) in [5, 5.41) is 31.4. The molecule has 2 amide bonds. The van der Waals surface area contributed by atoms with Crippen LogP contribution in [0.25, 0.3) is 0 Å². The van der Waals surface area contributed by atoms with Gasteiger partial charge in [0, 0.05) is 0 Å². The van der Waals surface area contributed by atoms with E-state index in [4.69, 9.17) is 15.3 Å². The quantitative estimate of drug-likeness (QED) is 0.325. The average Bonchev–Trinajstić information content (AvgIpc) is 2.42. The Morgan fingerprint density at radius 1 is 1.33 bits per heavy atom. The summed E-state index contributed by atoms with van der Waals surface area (Å²) < 4.78 is 0. The SMILES string of the molecule is O=C1NC(CO)C(CO)(CO)N1. The van der Waals surface area contributed by atoms with Crippen LogP contribution < -0.4 is 10.6 Å². The summed E-state index contributed by atoms with van der Waals surface area (Å²) in [7, 11) is 0. The molecule has 1 fully saturated rings. The minimum absolute atomic E-state index is 0.320. The van der Waals surface area contributed by atoms with Gasteiger partial charge in [0.15, 0.2) is 0 Å². The Kier molecular flexibility index (Phi) is 2.51. The van der Waals surface area contributed by atoms with Crippen LogP contribution in [0, 0.1) is 0 Å². The zero-order valence-electron chi connectivity index (χ0n) is 6.45. The highest BCUT2D eigenvalue weighted by Crippen LogP contribution is 2.14. The molecule has 6 nitrogen and oxygen atoms in total. The van der Waals surface area contributed by atoms with Crippen LogP contribution in [0.1, 0.15) is 0 Å². The Balaban J connectivity index is 2.78. The molecule has 5 N–H and O–H groups in total. The first-order valence-electron chi connectivity index (χ1n) is 3.60. The van der Waals surface area contributed by atoms with E-state index in [-0.39, 0.29) is 6.61 Å². The summed E-state index contributed by atoms with van der Waals surface area (Å²) in [6.45, 7) is -1.14. The van der Waals surface area contributed by atoms with Gasteiger partial charge in [0.25, 0.3) is 0 Å². The summed E-state index contributed by atoms with van der Waals surface area (Å²) in [4.78, 5) is 10.8. The van der Waals surface area contributed by atoms with Crippen LogP contribution in [0.3, 0.4) is 0 Å². The lowest BCUT2D eigenvalue weighted by atomic mass is 9.94. The maximum atomic E-state index is 10.8. The van der Waals surface area contributed by atoms with Crippen LogP contribution in [-0.4, -0.2) is 52.8 Å². The monoisotopic (exact) mass is 176 g/mol. The molecule has 0 aliphatic carbocycles. The summed E-state index contributed by atoms with van der Waals surface area (Å²) >= 11 is 0. The summed E-state index contributed by atoms with van der Waals surface area (Å²) in [6, 6.07) is -1.13. The number of rotatable bonds is 3. The van der Waals surface area contributed by atoms with Crippen LogP contribution in [0.15, 0.2) is 0 Å². The summed E-state index contributed by atoms with van der Waals surface area (Å²) in [5.41, 5.74) is -1.13. The van der Waals surface area contributed by atoms with Crippen molar-refractivity contribution >= 4 is 6.03 Å². The second kappa shape index (κ2) is 3.26. The fourth-order valence-corrected chi connectivity index (χ4v) is 1.22. The first-order valence-corrected chi connectivity index (χ1v) is 3.60. The normalized spacial score (nSPS) is 26.6. The number of carbonyl (C=O) groups excluding carboxylic acids is 1. The highest BCUT2D eigenvalue weighted by atomic mass is 16.3. The molecule has 1 unspecified atom stereocenters. The van der Waals surface area contributed by atoms with E-state index in [2.05, 4.69) is 10.6 Å². The molecule has 12 heavy (non-hydrogen) atoms. The molecule has 0 bridgehead atoms. The maximum absolute atomic E-state index is 10.8. The van der Waals surface area contributed by atoms with E-state index in [9.17, 15) is 4.79 Å². The van der Waals surface area contributed by atoms with Gasteiger partial charge in [0.1, 0.15) is 5.54 Å². The molecule has 0 aromatic rings. The van der Waals surface area contributed by atoms with E-state index in [1.54, 1.807) is 0 Å². The maximum Gasteiger partial charge on any atom is 0.315 e. The van der Waals surface area contributed by atoms with E-state index < -0.39 is 30.8 Å². The minimum atomic E-state index is -1.13. The van der Waals surface area contributed by atoms with Gasteiger partial charge in [0.2, 0.25) is 0 Å². The standard InChI is InChI=1S/C6H12N2O4/c9-1-4-6(2-10,3-11)8-5(12)7-4/h4,9-11H,1-3H2,(H2,7,8,12). The van der Waals surface area contributed by atoms with E-state index >= 15 is 0 Å². The van der Waals surface area contributed by atoms with Gasteiger partial charge in [0.05, 0.1) is 25.9 Å². The second-order valence-corrected chi connectivity index (χ2v) is 2.81. The highest BCUT2D eigenvalue weighted by molar-refractivity contribution is 5.78. The number of urea groups is 1. The zero-order valence-corrected chi connectivity index (χ0v) is 6.45. The van der Waals surface area contributed by atoms with Crippen molar-refractivity contribution in [3.05, 3.63) is 0 Å². The van der Waals surface area contributed by atoms with Crippen molar-refractivity contribution in [1.29, 1.82) is 0 Å². The number of hydrogen-bond donors (Lipinski definition) is 5. The number of aliphatic hydroxyl groups is 3. The number of aliphatic hydroxyl groups excluding tert-OH is 3. The molecule has 0 aromatic heterocycles. The molecular weight excluding hydrogens is 164 g/mol. The molecule has 1 saturated heterocycles. The van der Waals surface area contributed by atoms with Crippen molar-refractivity contribution in [3.8, 4) is 0 Å². The molecular formula is C6H12N2O4. The lowest BCUT2D eigenvalue weighted by Gasteiger charge is -2.28. The number of hydrogen-bond acceptors (Lipinski definition) is 4. The molecule has 6 heteroatoms. The summed E-state index contributed by atoms with van der Waals surface area (Å²) in [6.07, 6.45) is 0. The Hall–Kier alpha value is -0.850. The Morgan fingerprint density at radius 2 is 1.92 bits per heavy atom. The molecule has 1 atom stereocenters. The zero-order chi connectivity index (χ0) is 9.19. The molecule has 0 aromatic carbocycles. The Bertz CT molecular complexity index is 180. The molecule has 70 valence electrons. The van der Waals surface area contributed by atoms with Crippen LogP contribution >= 0.6 is 0 Å². The summed E-state index contributed by atoms with van der Waals surface area (Å²) in [5.74, 6) is 0. The highest BCUT2D eigenvalue weighted by Gasteiger charge is 2.45. The predicted octanol–water partition coefficient (Wildman–Crippen LogP) is -2.62. The van der Waals surface area contributed by atoms with E-state index in [1.165, 1.54) is 0 Å². The van der Waals surface area contributed by atoms with Crippen molar-refractivity contribution in [3.63, 3.8) is 0 Å². The van der Waals surface area contributed by atoms with Crippen molar-refractivity contribution in [2.24, 2.45) is 0 Å². The van der Waals surface area contributed by atoms with Crippen LogP contribution in [-0.2, 0) is 0 Å². The first kappa shape index (κ1) is 9.24. The smallest absolute Gasteiger partial charge is 0.315 e. The fraction of sp³-hybridized carbons (Fsp3) is 0.833. The van der Waals surface area contributed by atoms with Gasteiger partial charge < -0.3 is 26.0 Å². The van der Waals surface area contributed by atoms with E-state index in [1.807, 2.05) is 0 Å². The fourth-order valence-electron chi connectivity index (χ4n) is 1.22. The van der Waals surface area contributed by atoms with Gasteiger partial charge in [-0.2, -0.15) is 0 Å². The topological polar surface area (TPSA) is 102 Å². The lowest BCUT2D eigenvalue weighted by molar-refractivity contribution is 0.0728. The van der Waals surface area contributed by atoms with Crippen LogP contribution in [0.5, 0.6) is 0 Å². The third kappa shape index (κ3) is 1.24. The van der Waals surface area contributed by atoms with E-state index in [0.29, 0.717) is 0 Å². The van der Waals surface area contributed by atoms with Gasteiger partial charge in [-0.05, 0) is 0 Å². The largest absolute Gasteiger partial charge is 0.394 e. The lowest BCUT2D eigenvalue weighted by Crippen LogP contribution is -2.57. The molecule has 1 rings (SSSR count). The average molecular weight is 176 g/mol.